The van der Waals surface area contributed by atoms with Gasteiger partial charge in [0.25, 0.3) is 5.91 Å². The number of carbonyl (C=O) groups is 1. The molecular weight excluding hydrogens is 286 g/mol. The Balaban J connectivity index is 1.67. The van der Waals surface area contributed by atoms with Gasteiger partial charge in [-0.15, -0.1) is 0 Å². The maximum Gasteiger partial charge on any atom is 0.253 e. The van der Waals surface area contributed by atoms with Crippen LogP contribution in [0, 0.1) is 6.92 Å². The number of allylic oxidation sites excluding steroid dienone is 2. The molecule has 3 unspecified atom stereocenters. The van der Waals surface area contributed by atoms with E-state index in [1.165, 1.54) is 11.1 Å². The molecular formula is C19H25N3O. The molecule has 3 atom stereocenters. The molecule has 1 amide bonds. The number of carbonyl (C=O) groups excluding carboxylic acids is 1. The van der Waals surface area contributed by atoms with Crippen molar-refractivity contribution in [2.24, 2.45) is 0 Å². The number of amides is 1. The minimum absolute atomic E-state index is 0.155. The van der Waals surface area contributed by atoms with Crippen LogP contribution >= 0.6 is 0 Å². The zero-order valence-corrected chi connectivity index (χ0v) is 14.1. The van der Waals surface area contributed by atoms with Gasteiger partial charge in [0, 0.05) is 49.1 Å². The van der Waals surface area contributed by atoms with E-state index >= 15 is 0 Å². The molecule has 4 heteroatoms. The quantitative estimate of drug-likeness (QED) is 0.913. The fourth-order valence-electron chi connectivity index (χ4n) is 3.48. The van der Waals surface area contributed by atoms with Crippen LogP contribution in [0.15, 0.2) is 42.3 Å². The molecule has 4 nitrogen and oxygen atoms in total. The Morgan fingerprint density at radius 3 is 2.61 bits per heavy atom. The van der Waals surface area contributed by atoms with Crippen molar-refractivity contribution in [1.29, 1.82) is 0 Å². The van der Waals surface area contributed by atoms with E-state index < -0.39 is 0 Å². The number of hydrogen-bond acceptors (Lipinski definition) is 3. The predicted octanol–water partition coefficient (Wildman–Crippen LogP) is 2.57. The number of hydrogen-bond donors (Lipinski definition) is 1. The van der Waals surface area contributed by atoms with E-state index in [1.807, 2.05) is 23.4 Å². The Labute approximate surface area is 138 Å². The Kier molecular flexibility index (Phi) is 4.62. The molecule has 1 aliphatic heterocycles. The highest BCUT2D eigenvalue weighted by Gasteiger charge is 2.26. The zero-order chi connectivity index (χ0) is 16.4. The second-order valence-corrected chi connectivity index (χ2v) is 6.84. The van der Waals surface area contributed by atoms with Gasteiger partial charge in [0.05, 0.1) is 0 Å². The minimum atomic E-state index is 0.155. The monoisotopic (exact) mass is 311 g/mol. The van der Waals surface area contributed by atoms with Gasteiger partial charge in [-0.2, -0.15) is 0 Å². The molecule has 0 aromatic carbocycles. The van der Waals surface area contributed by atoms with Gasteiger partial charge in [-0.05, 0) is 38.3 Å². The number of nitrogens with one attached hydrogen (secondary N) is 1. The molecule has 1 fully saturated rings. The van der Waals surface area contributed by atoms with Gasteiger partial charge in [-0.1, -0.05) is 24.3 Å². The first-order valence-electron chi connectivity index (χ1n) is 8.38. The molecule has 1 N–H and O–H groups in total. The lowest BCUT2D eigenvalue weighted by Crippen LogP contribution is -2.56. The minimum Gasteiger partial charge on any atom is -0.336 e. The van der Waals surface area contributed by atoms with Crippen LogP contribution in [0.1, 0.15) is 37.3 Å². The number of aryl methyl sites for hydroxylation is 1. The first-order chi connectivity index (χ1) is 11.0. The maximum atomic E-state index is 12.7. The van der Waals surface area contributed by atoms with Crippen LogP contribution in [0.2, 0.25) is 0 Å². The number of aromatic nitrogens is 1. The second-order valence-electron chi connectivity index (χ2n) is 6.84. The van der Waals surface area contributed by atoms with E-state index in [4.69, 9.17) is 0 Å². The molecule has 0 saturated carbocycles. The molecule has 1 saturated heterocycles. The van der Waals surface area contributed by atoms with Gasteiger partial charge < -0.3 is 10.2 Å². The lowest BCUT2D eigenvalue weighted by molar-refractivity contribution is -0.128. The number of rotatable bonds is 2. The molecule has 0 spiro atoms. The standard InChI is InChI=1S/C19H25N3O/c1-13-8-18(10-20-9-13)16-4-6-17(7-5-16)19(23)22-11-14(2)21-15(3)12-22/h4,6-10,14-16,21H,5,11-12H2,1-3H3. The Morgan fingerprint density at radius 1 is 1.26 bits per heavy atom. The van der Waals surface area contributed by atoms with Gasteiger partial charge in [-0.25, -0.2) is 0 Å². The Hall–Kier alpha value is -1.94. The van der Waals surface area contributed by atoms with Gasteiger partial charge in [-0.3, -0.25) is 9.78 Å². The van der Waals surface area contributed by atoms with Gasteiger partial charge in [0.2, 0.25) is 0 Å². The van der Waals surface area contributed by atoms with Crippen molar-refractivity contribution < 1.29 is 4.79 Å². The van der Waals surface area contributed by atoms with E-state index in [-0.39, 0.29) is 5.91 Å². The summed E-state index contributed by atoms with van der Waals surface area (Å²) in [7, 11) is 0. The van der Waals surface area contributed by atoms with Crippen LogP contribution in [0.5, 0.6) is 0 Å². The van der Waals surface area contributed by atoms with Crippen molar-refractivity contribution in [3.8, 4) is 0 Å². The van der Waals surface area contributed by atoms with Crippen LogP contribution in [-0.2, 0) is 4.79 Å². The van der Waals surface area contributed by atoms with E-state index in [0.717, 1.165) is 25.1 Å². The summed E-state index contributed by atoms with van der Waals surface area (Å²) in [5.41, 5.74) is 3.21. The maximum absolute atomic E-state index is 12.7. The van der Waals surface area contributed by atoms with Crippen LogP contribution in [0.4, 0.5) is 0 Å². The molecule has 3 rings (SSSR count). The van der Waals surface area contributed by atoms with Crippen LogP contribution in [0.3, 0.4) is 0 Å². The normalized spacial score (nSPS) is 27.7. The lowest BCUT2D eigenvalue weighted by Gasteiger charge is -2.36. The molecule has 0 radical (unpaired) electrons. The van der Waals surface area contributed by atoms with Crippen molar-refractivity contribution in [2.75, 3.05) is 13.1 Å². The predicted molar refractivity (Wildman–Crippen MR) is 92.2 cm³/mol. The fourth-order valence-corrected chi connectivity index (χ4v) is 3.48. The summed E-state index contributed by atoms with van der Waals surface area (Å²) in [6.45, 7) is 7.86. The highest BCUT2D eigenvalue weighted by Crippen LogP contribution is 2.27. The molecule has 2 heterocycles. The second kappa shape index (κ2) is 6.67. The van der Waals surface area contributed by atoms with Crippen LogP contribution in [0.25, 0.3) is 0 Å². The molecule has 1 aliphatic carbocycles. The van der Waals surface area contributed by atoms with E-state index in [2.05, 4.69) is 49.3 Å². The van der Waals surface area contributed by atoms with Crippen molar-refractivity contribution in [3.05, 3.63) is 53.4 Å². The van der Waals surface area contributed by atoms with Crippen molar-refractivity contribution >= 4 is 5.91 Å². The molecule has 1 aromatic heterocycles. The summed E-state index contributed by atoms with van der Waals surface area (Å²) in [6, 6.07) is 2.87. The lowest BCUT2D eigenvalue weighted by atomic mass is 9.90. The number of nitrogens with zero attached hydrogens (tertiary/aromatic N) is 2. The van der Waals surface area contributed by atoms with Gasteiger partial charge >= 0.3 is 0 Å². The SMILES string of the molecule is Cc1cncc(C2C=CC(C(=O)N3CC(C)NC(C)C3)=CC2)c1. The smallest absolute Gasteiger partial charge is 0.253 e. The third-order valence-electron chi connectivity index (χ3n) is 4.52. The van der Waals surface area contributed by atoms with Crippen LogP contribution in [-0.4, -0.2) is 41.0 Å². The molecule has 0 bridgehead atoms. The summed E-state index contributed by atoms with van der Waals surface area (Å²) in [5, 5.41) is 3.46. The summed E-state index contributed by atoms with van der Waals surface area (Å²) in [5.74, 6) is 0.474. The third-order valence-corrected chi connectivity index (χ3v) is 4.52. The molecule has 122 valence electrons. The van der Waals surface area contributed by atoms with Gasteiger partial charge in [0.15, 0.2) is 0 Å². The largest absolute Gasteiger partial charge is 0.336 e. The van der Waals surface area contributed by atoms with Crippen molar-refractivity contribution in [1.82, 2.24) is 15.2 Å². The summed E-state index contributed by atoms with van der Waals surface area (Å²) in [4.78, 5) is 18.9. The van der Waals surface area contributed by atoms with Crippen molar-refractivity contribution in [2.45, 2.75) is 45.2 Å². The average molecular weight is 311 g/mol. The van der Waals surface area contributed by atoms with Crippen molar-refractivity contribution in [3.63, 3.8) is 0 Å². The Bertz CT molecular complexity index is 640. The highest BCUT2D eigenvalue weighted by atomic mass is 16.2. The van der Waals surface area contributed by atoms with E-state index in [1.54, 1.807) is 0 Å². The number of pyridine rings is 1. The zero-order valence-electron chi connectivity index (χ0n) is 14.1. The first-order valence-corrected chi connectivity index (χ1v) is 8.38. The topological polar surface area (TPSA) is 45.2 Å². The first kappa shape index (κ1) is 15.9. The van der Waals surface area contributed by atoms with E-state index in [0.29, 0.717) is 18.0 Å². The average Bonchev–Trinajstić information content (AvgIpc) is 2.53. The molecule has 1 aromatic rings. The summed E-state index contributed by atoms with van der Waals surface area (Å²) in [6.07, 6.45) is 10.8. The number of piperazine rings is 1. The third kappa shape index (κ3) is 3.70. The van der Waals surface area contributed by atoms with Crippen LogP contribution < -0.4 is 5.32 Å². The molecule has 23 heavy (non-hydrogen) atoms. The fraction of sp³-hybridized carbons (Fsp3) is 0.474. The molecule has 2 aliphatic rings. The van der Waals surface area contributed by atoms with E-state index in [9.17, 15) is 4.79 Å². The highest BCUT2D eigenvalue weighted by molar-refractivity contribution is 5.96. The Morgan fingerprint density at radius 2 is 2.00 bits per heavy atom. The summed E-state index contributed by atoms with van der Waals surface area (Å²) >= 11 is 0. The van der Waals surface area contributed by atoms with Gasteiger partial charge in [0.1, 0.15) is 0 Å². The summed E-state index contributed by atoms with van der Waals surface area (Å²) < 4.78 is 0.